The van der Waals surface area contributed by atoms with Gasteiger partial charge in [0, 0.05) is 25.4 Å². The molecule has 0 unspecified atom stereocenters. The van der Waals surface area contributed by atoms with Crippen molar-refractivity contribution in [2.45, 2.75) is 50.5 Å². The highest BCUT2D eigenvalue weighted by Gasteiger charge is 2.40. The average Bonchev–Trinajstić information content (AvgIpc) is 3.23. The third-order valence-corrected chi connectivity index (χ3v) is 5.09. The summed E-state index contributed by atoms with van der Waals surface area (Å²) in [6.45, 7) is 2.43. The van der Waals surface area contributed by atoms with E-state index in [4.69, 9.17) is 4.74 Å². The number of hydrogen-bond acceptors (Lipinski definition) is 3. The summed E-state index contributed by atoms with van der Waals surface area (Å²) >= 11 is 0. The van der Waals surface area contributed by atoms with Gasteiger partial charge < -0.3 is 10.1 Å². The first-order chi connectivity index (χ1) is 9.33. The quantitative estimate of drug-likeness (QED) is 0.905. The van der Waals surface area contributed by atoms with Crippen molar-refractivity contribution in [1.82, 2.24) is 10.3 Å². The van der Waals surface area contributed by atoms with E-state index in [1.807, 2.05) is 6.20 Å². The third kappa shape index (κ3) is 2.36. The zero-order chi connectivity index (χ0) is 12.7. The van der Waals surface area contributed by atoms with Crippen molar-refractivity contribution in [3.63, 3.8) is 0 Å². The second-order valence-corrected chi connectivity index (χ2v) is 6.62. The predicted molar refractivity (Wildman–Crippen MR) is 74.4 cm³/mol. The van der Waals surface area contributed by atoms with Crippen LogP contribution < -0.4 is 10.1 Å². The molecular weight excluding hydrogens is 236 g/mol. The van der Waals surface area contributed by atoms with Gasteiger partial charge in [0.15, 0.2) is 0 Å². The number of rotatable bonds is 3. The molecule has 3 fully saturated rings. The van der Waals surface area contributed by atoms with Gasteiger partial charge in [0.1, 0.15) is 6.10 Å². The van der Waals surface area contributed by atoms with E-state index in [1.54, 1.807) is 0 Å². The summed E-state index contributed by atoms with van der Waals surface area (Å²) in [4.78, 5) is 4.47. The maximum absolute atomic E-state index is 6.04. The summed E-state index contributed by atoms with van der Waals surface area (Å²) in [5.41, 5.74) is 2.00. The molecule has 1 aromatic rings. The molecule has 1 N–H and O–H groups in total. The highest BCUT2D eigenvalue weighted by molar-refractivity contribution is 5.24. The molecule has 0 aromatic carbocycles. The van der Waals surface area contributed by atoms with Crippen molar-refractivity contribution < 1.29 is 4.74 Å². The van der Waals surface area contributed by atoms with E-state index in [0.29, 0.717) is 11.5 Å². The standard InChI is InChI=1S/C16H22N2O/c1-2-12(1)13-3-4-15(18-9-13)19-14-5-7-16(8-6-14)10-17-11-16/h3-4,9,12,14,17H,1-2,5-8,10-11H2. The number of nitrogens with zero attached hydrogens (tertiary/aromatic N) is 1. The molecule has 3 aliphatic rings. The second-order valence-electron chi connectivity index (χ2n) is 6.62. The van der Waals surface area contributed by atoms with E-state index in [9.17, 15) is 0 Å². The predicted octanol–water partition coefficient (Wildman–Crippen LogP) is 2.87. The SMILES string of the molecule is c1cc(OC2CCC3(CC2)CNC3)ncc1C1CC1. The highest BCUT2D eigenvalue weighted by Crippen LogP contribution is 2.41. The molecule has 3 nitrogen and oxygen atoms in total. The second kappa shape index (κ2) is 4.48. The number of aromatic nitrogens is 1. The van der Waals surface area contributed by atoms with Crippen LogP contribution in [0.5, 0.6) is 5.88 Å². The summed E-state index contributed by atoms with van der Waals surface area (Å²) in [7, 11) is 0. The Labute approximate surface area is 114 Å². The van der Waals surface area contributed by atoms with Gasteiger partial charge in [-0.25, -0.2) is 4.98 Å². The van der Waals surface area contributed by atoms with Crippen molar-refractivity contribution in [2.24, 2.45) is 5.41 Å². The lowest BCUT2D eigenvalue weighted by molar-refractivity contribution is 0.0402. The fraction of sp³-hybridized carbons (Fsp3) is 0.688. The molecular formula is C16H22N2O. The Hall–Kier alpha value is -1.09. The first-order valence-corrected chi connectivity index (χ1v) is 7.66. The smallest absolute Gasteiger partial charge is 0.213 e. The van der Waals surface area contributed by atoms with E-state index in [0.717, 1.165) is 11.8 Å². The van der Waals surface area contributed by atoms with Gasteiger partial charge in [-0.1, -0.05) is 6.07 Å². The molecule has 1 aliphatic heterocycles. The molecule has 4 rings (SSSR count). The van der Waals surface area contributed by atoms with Gasteiger partial charge in [0.25, 0.3) is 0 Å². The Kier molecular flexibility index (Phi) is 2.76. The Bertz CT molecular complexity index is 438. The maximum Gasteiger partial charge on any atom is 0.213 e. The Morgan fingerprint density at radius 1 is 1.11 bits per heavy atom. The molecule has 0 amide bonds. The van der Waals surface area contributed by atoms with Crippen LogP contribution in [-0.2, 0) is 0 Å². The molecule has 102 valence electrons. The maximum atomic E-state index is 6.04. The normalized spacial score (nSPS) is 26.1. The summed E-state index contributed by atoms with van der Waals surface area (Å²) in [5.74, 6) is 1.60. The van der Waals surface area contributed by atoms with Crippen LogP contribution in [0.2, 0.25) is 0 Å². The lowest BCUT2D eigenvalue weighted by atomic mass is 9.69. The van der Waals surface area contributed by atoms with E-state index in [2.05, 4.69) is 22.4 Å². The van der Waals surface area contributed by atoms with Gasteiger partial charge in [-0.05, 0) is 55.4 Å². The summed E-state index contributed by atoms with van der Waals surface area (Å²) < 4.78 is 6.04. The first kappa shape index (κ1) is 11.7. The van der Waals surface area contributed by atoms with Gasteiger partial charge in [-0.15, -0.1) is 0 Å². The largest absolute Gasteiger partial charge is 0.474 e. The van der Waals surface area contributed by atoms with Crippen molar-refractivity contribution >= 4 is 0 Å². The molecule has 0 bridgehead atoms. The molecule has 1 spiro atoms. The molecule has 2 aliphatic carbocycles. The van der Waals surface area contributed by atoms with Crippen LogP contribution >= 0.6 is 0 Å². The van der Waals surface area contributed by atoms with Gasteiger partial charge >= 0.3 is 0 Å². The molecule has 2 heterocycles. The molecule has 2 saturated carbocycles. The molecule has 19 heavy (non-hydrogen) atoms. The van der Waals surface area contributed by atoms with Crippen LogP contribution in [0.15, 0.2) is 18.3 Å². The average molecular weight is 258 g/mol. The van der Waals surface area contributed by atoms with Gasteiger partial charge in [-0.3, -0.25) is 0 Å². The van der Waals surface area contributed by atoms with Crippen molar-refractivity contribution in [1.29, 1.82) is 0 Å². The van der Waals surface area contributed by atoms with E-state index in [1.165, 1.54) is 57.2 Å². The van der Waals surface area contributed by atoms with E-state index >= 15 is 0 Å². The molecule has 1 aromatic heterocycles. The highest BCUT2D eigenvalue weighted by atomic mass is 16.5. The van der Waals surface area contributed by atoms with Crippen molar-refractivity contribution in [3.8, 4) is 5.88 Å². The zero-order valence-electron chi connectivity index (χ0n) is 11.4. The van der Waals surface area contributed by atoms with Crippen LogP contribution in [0.4, 0.5) is 0 Å². The van der Waals surface area contributed by atoms with Crippen LogP contribution in [0.3, 0.4) is 0 Å². The molecule has 0 atom stereocenters. The summed E-state index contributed by atoms with van der Waals surface area (Å²) in [6.07, 6.45) is 10.1. The van der Waals surface area contributed by atoms with Crippen molar-refractivity contribution in [3.05, 3.63) is 23.9 Å². The minimum absolute atomic E-state index is 0.380. The number of nitrogens with one attached hydrogen (secondary N) is 1. The van der Waals surface area contributed by atoms with Crippen LogP contribution in [0, 0.1) is 5.41 Å². The van der Waals surface area contributed by atoms with E-state index < -0.39 is 0 Å². The number of ether oxygens (including phenoxy) is 1. The fourth-order valence-corrected chi connectivity index (χ4v) is 3.44. The van der Waals surface area contributed by atoms with Crippen LogP contribution in [0.1, 0.15) is 50.0 Å². The first-order valence-electron chi connectivity index (χ1n) is 7.66. The van der Waals surface area contributed by atoms with E-state index in [-0.39, 0.29) is 0 Å². The monoisotopic (exact) mass is 258 g/mol. The molecule has 1 saturated heterocycles. The third-order valence-electron chi connectivity index (χ3n) is 5.09. The summed E-state index contributed by atoms with van der Waals surface area (Å²) in [6, 6.07) is 4.25. The molecule has 3 heteroatoms. The lowest BCUT2D eigenvalue weighted by Gasteiger charge is -2.47. The minimum Gasteiger partial charge on any atom is -0.474 e. The number of hydrogen-bond donors (Lipinski definition) is 1. The molecule has 0 radical (unpaired) electrons. The number of pyridine rings is 1. The van der Waals surface area contributed by atoms with Crippen LogP contribution in [0.25, 0.3) is 0 Å². The minimum atomic E-state index is 0.380. The summed E-state index contributed by atoms with van der Waals surface area (Å²) in [5, 5.41) is 3.41. The van der Waals surface area contributed by atoms with Crippen molar-refractivity contribution in [2.75, 3.05) is 13.1 Å². The zero-order valence-corrected chi connectivity index (χ0v) is 11.4. The Balaban J connectivity index is 1.33. The van der Waals surface area contributed by atoms with Gasteiger partial charge in [0.05, 0.1) is 0 Å². The van der Waals surface area contributed by atoms with Gasteiger partial charge in [-0.2, -0.15) is 0 Å². The Morgan fingerprint density at radius 2 is 1.89 bits per heavy atom. The lowest BCUT2D eigenvalue weighted by Crippen LogP contribution is -2.55. The van der Waals surface area contributed by atoms with Gasteiger partial charge in [0.2, 0.25) is 5.88 Å². The fourth-order valence-electron chi connectivity index (χ4n) is 3.44. The Morgan fingerprint density at radius 3 is 2.42 bits per heavy atom. The van der Waals surface area contributed by atoms with Crippen LogP contribution in [-0.4, -0.2) is 24.2 Å². The topological polar surface area (TPSA) is 34.1 Å².